The molecule has 0 aromatic carbocycles. The lowest BCUT2D eigenvalue weighted by Crippen LogP contribution is -2.46. The number of rotatable bonds is 45. The SMILES string of the molecule is CCCCC/C=C\C/C=C\C/C=C\CCCCC(CC(=O)NC(CO)C(O)CCCCCCCCCCCC)OC(=O)CCCCCCCCC/C=C\CCCCCC. The van der Waals surface area contributed by atoms with E-state index in [-0.39, 0.29) is 24.9 Å². The van der Waals surface area contributed by atoms with E-state index in [9.17, 15) is 19.8 Å². The minimum absolute atomic E-state index is 0.0505. The number of hydrogen-bond donors (Lipinski definition) is 3. The van der Waals surface area contributed by atoms with Crippen LogP contribution < -0.4 is 5.32 Å². The minimum Gasteiger partial charge on any atom is -0.462 e. The first kappa shape index (κ1) is 56.8. The number of amides is 1. The Kier molecular flexibility index (Phi) is 45.1. The molecule has 0 spiro atoms. The molecule has 6 heteroatoms. The number of esters is 1. The Balaban J connectivity index is 4.66. The molecule has 0 aliphatic rings. The maximum atomic E-state index is 13.2. The first-order chi connectivity index (χ1) is 29.0. The predicted molar refractivity (Wildman–Crippen MR) is 255 cm³/mol. The van der Waals surface area contributed by atoms with E-state index in [2.05, 4.69) is 74.7 Å². The molecule has 0 saturated carbocycles. The Morgan fingerprint density at radius 3 is 1.39 bits per heavy atom. The van der Waals surface area contributed by atoms with Gasteiger partial charge in [-0.3, -0.25) is 9.59 Å². The van der Waals surface area contributed by atoms with E-state index in [4.69, 9.17) is 4.74 Å². The standard InChI is InChI=1S/C53H97NO5/c1-4-7-10-13-16-19-22-24-26-28-30-32-35-38-41-44-49(59-53(58)46-43-40-37-34-31-29-27-25-23-20-17-14-11-8-5-2)47-52(57)54-50(48-55)51(56)45-42-39-36-33-21-18-15-12-9-6-3/h16,19-20,23-24,26,30,32,49-51,55-56H,4-15,17-18,21-22,25,27-29,31,33-48H2,1-3H3,(H,54,57)/b19-16-,23-20-,26-24-,32-30-. The molecule has 0 heterocycles. The van der Waals surface area contributed by atoms with Crippen molar-refractivity contribution in [2.45, 2.75) is 270 Å². The minimum atomic E-state index is -0.797. The van der Waals surface area contributed by atoms with Crippen LogP contribution in [-0.4, -0.2) is 46.9 Å². The van der Waals surface area contributed by atoms with Crippen LogP contribution >= 0.6 is 0 Å². The van der Waals surface area contributed by atoms with Crippen molar-refractivity contribution in [2.24, 2.45) is 0 Å². The van der Waals surface area contributed by atoms with Gasteiger partial charge in [0.2, 0.25) is 5.91 Å². The maximum Gasteiger partial charge on any atom is 0.306 e. The van der Waals surface area contributed by atoms with Gasteiger partial charge in [-0.1, -0.05) is 198 Å². The molecule has 0 fully saturated rings. The van der Waals surface area contributed by atoms with Gasteiger partial charge >= 0.3 is 5.97 Å². The monoisotopic (exact) mass is 828 g/mol. The summed E-state index contributed by atoms with van der Waals surface area (Å²) in [7, 11) is 0. The van der Waals surface area contributed by atoms with Crippen LogP contribution in [0.1, 0.15) is 252 Å². The summed E-state index contributed by atoms with van der Waals surface area (Å²) in [5, 5.41) is 23.7. The number of aliphatic hydroxyl groups excluding tert-OH is 2. The lowest BCUT2D eigenvalue weighted by Gasteiger charge is -2.24. The van der Waals surface area contributed by atoms with Gasteiger partial charge in [0.05, 0.1) is 25.2 Å². The number of hydrogen-bond acceptors (Lipinski definition) is 5. The molecular formula is C53H97NO5. The number of ether oxygens (including phenoxy) is 1. The van der Waals surface area contributed by atoms with Crippen LogP contribution in [0, 0.1) is 0 Å². The summed E-state index contributed by atoms with van der Waals surface area (Å²) >= 11 is 0. The molecule has 0 aliphatic carbocycles. The maximum absolute atomic E-state index is 13.2. The molecule has 3 N–H and O–H groups in total. The first-order valence-corrected chi connectivity index (χ1v) is 25.4. The molecule has 344 valence electrons. The third-order valence-corrected chi connectivity index (χ3v) is 11.4. The van der Waals surface area contributed by atoms with E-state index >= 15 is 0 Å². The number of nitrogens with one attached hydrogen (secondary N) is 1. The van der Waals surface area contributed by atoms with Crippen LogP contribution in [0.2, 0.25) is 0 Å². The summed E-state index contributed by atoms with van der Waals surface area (Å²) in [6.45, 7) is 6.42. The Labute approximate surface area is 366 Å². The molecular weight excluding hydrogens is 731 g/mol. The summed E-state index contributed by atoms with van der Waals surface area (Å²) in [5.41, 5.74) is 0. The van der Waals surface area contributed by atoms with Gasteiger partial charge in [0.25, 0.3) is 0 Å². The molecule has 6 nitrogen and oxygen atoms in total. The number of carbonyl (C=O) groups excluding carboxylic acids is 2. The second-order valence-corrected chi connectivity index (χ2v) is 17.2. The lowest BCUT2D eigenvalue weighted by atomic mass is 10.0. The Bertz CT molecular complexity index is 1020. The van der Waals surface area contributed by atoms with Gasteiger partial charge in [-0.15, -0.1) is 0 Å². The Morgan fingerprint density at radius 2 is 0.864 bits per heavy atom. The largest absolute Gasteiger partial charge is 0.462 e. The van der Waals surface area contributed by atoms with Crippen LogP contribution in [0.15, 0.2) is 48.6 Å². The topological polar surface area (TPSA) is 95.9 Å². The quantitative estimate of drug-likeness (QED) is 0.0323. The zero-order valence-electron chi connectivity index (χ0n) is 39.1. The summed E-state index contributed by atoms with van der Waals surface area (Å²) in [6.07, 6.45) is 56.0. The van der Waals surface area contributed by atoms with Crippen molar-refractivity contribution in [2.75, 3.05) is 6.61 Å². The van der Waals surface area contributed by atoms with Crippen LogP contribution in [0.4, 0.5) is 0 Å². The molecule has 0 radical (unpaired) electrons. The van der Waals surface area contributed by atoms with Crippen LogP contribution in [-0.2, 0) is 14.3 Å². The zero-order chi connectivity index (χ0) is 43.1. The summed E-state index contributed by atoms with van der Waals surface area (Å²) < 4.78 is 5.91. The van der Waals surface area contributed by atoms with Crippen LogP contribution in [0.25, 0.3) is 0 Å². The van der Waals surface area contributed by atoms with Gasteiger partial charge in [0.15, 0.2) is 0 Å². The molecule has 0 aromatic heterocycles. The van der Waals surface area contributed by atoms with E-state index in [1.807, 2.05) is 0 Å². The molecule has 0 aromatic rings. The van der Waals surface area contributed by atoms with E-state index in [0.717, 1.165) is 70.6 Å². The van der Waals surface area contributed by atoms with Crippen LogP contribution in [0.3, 0.4) is 0 Å². The van der Waals surface area contributed by atoms with E-state index in [1.165, 1.54) is 135 Å². The molecule has 0 rings (SSSR count). The van der Waals surface area contributed by atoms with Crippen molar-refractivity contribution in [1.29, 1.82) is 0 Å². The third kappa shape index (κ3) is 42.3. The zero-order valence-corrected chi connectivity index (χ0v) is 39.1. The molecule has 59 heavy (non-hydrogen) atoms. The van der Waals surface area contributed by atoms with E-state index in [0.29, 0.717) is 19.3 Å². The highest BCUT2D eigenvalue weighted by atomic mass is 16.5. The highest BCUT2D eigenvalue weighted by Gasteiger charge is 2.24. The predicted octanol–water partition coefficient (Wildman–Crippen LogP) is 15.1. The number of unbranched alkanes of at least 4 members (excludes halogenated alkanes) is 25. The molecule has 3 unspecified atom stereocenters. The third-order valence-electron chi connectivity index (χ3n) is 11.4. The average Bonchev–Trinajstić information content (AvgIpc) is 3.23. The lowest BCUT2D eigenvalue weighted by molar-refractivity contribution is -0.151. The number of carbonyl (C=O) groups is 2. The van der Waals surface area contributed by atoms with Crippen molar-refractivity contribution in [1.82, 2.24) is 5.32 Å². The van der Waals surface area contributed by atoms with Crippen molar-refractivity contribution in [3.63, 3.8) is 0 Å². The average molecular weight is 828 g/mol. The second-order valence-electron chi connectivity index (χ2n) is 17.2. The second kappa shape index (κ2) is 46.9. The first-order valence-electron chi connectivity index (χ1n) is 25.4. The molecule has 0 saturated heterocycles. The fraction of sp³-hybridized carbons (Fsp3) is 0.811. The molecule has 0 bridgehead atoms. The fourth-order valence-electron chi connectivity index (χ4n) is 7.49. The fourth-order valence-corrected chi connectivity index (χ4v) is 7.49. The van der Waals surface area contributed by atoms with Gasteiger partial charge in [-0.25, -0.2) is 0 Å². The normalized spacial score (nSPS) is 13.6. The smallest absolute Gasteiger partial charge is 0.306 e. The summed E-state index contributed by atoms with van der Waals surface area (Å²) in [4.78, 5) is 26.1. The molecule has 0 aliphatic heterocycles. The van der Waals surface area contributed by atoms with Gasteiger partial charge in [-0.05, 0) is 89.9 Å². The number of aliphatic hydroxyl groups is 2. The highest BCUT2D eigenvalue weighted by Crippen LogP contribution is 2.17. The van der Waals surface area contributed by atoms with Gasteiger partial charge in [-0.2, -0.15) is 0 Å². The van der Waals surface area contributed by atoms with Crippen molar-refractivity contribution in [3.05, 3.63) is 48.6 Å². The van der Waals surface area contributed by atoms with Gasteiger partial charge in [0.1, 0.15) is 6.10 Å². The van der Waals surface area contributed by atoms with Gasteiger partial charge < -0.3 is 20.3 Å². The Hall–Kier alpha value is -2.18. The Morgan fingerprint density at radius 1 is 0.492 bits per heavy atom. The molecule has 3 atom stereocenters. The van der Waals surface area contributed by atoms with Crippen molar-refractivity contribution in [3.8, 4) is 0 Å². The van der Waals surface area contributed by atoms with E-state index < -0.39 is 18.2 Å². The van der Waals surface area contributed by atoms with Gasteiger partial charge in [0, 0.05) is 6.42 Å². The highest BCUT2D eigenvalue weighted by molar-refractivity contribution is 5.77. The van der Waals surface area contributed by atoms with Crippen LogP contribution in [0.5, 0.6) is 0 Å². The number of allylic oxidation sites excluding steroid dienone is 8. The van der Waals surface area contributed by atoms with E-state index in [1.54, 1.807) is 0 Å². The van der Waals surface area contributed by atoms with Crippen molar-refractivity contribution >= 4 is 11.9 Å². The summed E-state index contributed by atoms with van der Waals surface area (Å²) in [5.74, 6) is -0.514. The molecule has 1 amide bonds. The van der Waals surface area contributed by atoms with Crippen molar-refractivity contribution < 1.29 is 24.5 Å². The summed E-state index contributed by atoms with van der Waals surface area (Å²) in [6, 6.07) is -0.713.